The summed E-state index contributed by atoms with van der Waals surface area (Å²) >= 11 is 0. The predicted molar refractivity (Wildman–Crippen MR) is 123 cm³/mol. The average Bonchev–Trinajstić information content (AvgIpc) is 2.76. The topological polar surface area (TPSA) is 63.6 Å². The number of methoxy groups -OCH3 is 1. The van der Waals surface area contributed by atoms with Gasteiger partial charge in [-0.05, 0) is 50.3 Å². The highest BCUT2D eigenvalue weighted by Crippen LogP contribution is 2.26. The van der Waals surface area contributed by atoms with Crippen LogP contribution in [-0.4, -0.2) is 23.8 Å². The second kappa shape index (κ2) is 16.7. The van der Waals surface area contributed by atoms with E-state index in [1.165, 1.54) is 83.1 Å². The van der Waals surface area contributed by atoms with Crippen molar-refractivity contribution < 1.29 is 19.4 Å². The lowest BCUT2D eigenvalue weighted by Gasteiger charge is -2.06. The first-order valence-corrected chi connectivity index (χ1v) is 11.7. The van der Waals surface area contributed by atoms with Crippen LogP contribution in [0.5, 0.6) is 11.5 Å². The van der Waals surface area contributed by atoms with Crippen LogP contribution in [0.25, 0.3) is 0 Å². The number of phenols is 1. The molecule has 1 N–H and O–H groups in total. The van der Waals surface area contributed by atoms with Gasteiger partial charge in [0.1, 0.15) is 0 Å². The van der Waals surface area contributed by atoms with E-state index in [2.05, 4.69) is 19.1 Å². The molecule has 0 fully saturated rings. The van der Waals surface area contributed by atoms with Crippen LogP contribution in [0.1, 0.15) is 107 Å². The van der Waals surface area contributed by atoms with E-state index in [4.69, 9.17) is 4.74 Å². The molecule has 1 rings (SSSR count). The Morgan fingerprint density at radius 2 is 1.43 bits per heavy atom. The van der Waals surface area contributed by atoms with E-state index in [0.717, 1.165) is 25.7 Å². The number of hydrogen-bond donors (Lipinski definition) is 1. The molecular weight excluding hydrogens is 376 g/mol. The van der Waals surface area contributed by atoms with Crippen molar-refractivity contribution in [3.63, 3.8) is 0 Å². The second-order valence-electron chi connectivity index (χ2n) is 7.97. The quantitative estimate of drug-likeness (QED) is 0.119. The van der Waals surface area contributed by atoms with Crippen LogP contribution in [0, 0.1) is 0 Å². The van der Waals surface area contributed by atoms with Crippen molar-refractivity contribution in [2.24, 2.45) is 0 Å². The third kappa shape index (κ3) is 11.2. The normalized spacial score (nSPS) is 11.1. The molecule has 0 atom stereocenters. The predicted octanol–water partition coefficient (Wildman–Crippen LogP) is 7.19. The molecule has 0 amide bonds. The molecule has 168 valence electrons. The number of unbranched alkanes of at least 4 members (excludes halogenated alkanes) is 11. The van der Waals surface area contributed by atoms with Gasteiger partial charge < -0.3 is 9.84 Å². The zero-order chi connectivity index (χ0) is 22.0. The number of aromatic hydroxyl groups is 1. The van der Waals surface area contributed by atoms with E-state index in [1.807, 2.05) is 0 Å². The third-order valence-corrected chi connectivity index (χ3v) is 5.36. The van der Waals surface area contributed by atoms with Gasteiger partial charge in [-0.1, -0.05) is 70.4 Å². The molecule has 30 heavy (non-hydrogen) atoms. The van der Waals surface area contributed by atoms with Gasteiger partial charge in [0.2, 0.25) is 11.6 Å². The smallest absolute Gasteiger partial charge is 0.228 e. The van der Waals surface area contributed by atoms with Crippen LogP contribution in [-0.2, 0) is 4.79 Å². The first-order valence-electron chi connectivity index (χ1n) is 11.7. The lowest BCUT2D eigenvalue weighted by Crippen LogP contribution is -2.13. The van der Waals surface area contributed by atoms with Gasteiger partial charge in [-0.15, -0.1) is 0 Å². The van der Waals surface area contributed by atoms with Crippen molar-refractivity contribution in [2.75, 3.05) is 7.11 Å². The summed E-state index contributed by atoms with van der Waals surface area (Å²) in [6.45, 7) is 2.25. The van der Waals surface area contributed by atoms with Crippen molar-refractivity contribution in [1.29, 1.82) is 0 Å². The summed E-state index contributed by atoms with van der Waals surface area (Å²) in [5, 5.41) is 9.58. The van der Waals surface area contributed by atoms with Crippen LogP contribution < -0.4 is 4.74 Å². The minimum Gasteiger partial charge on any atom is -0.504 e. The largest absolute Gasteiger partial charge is 0.504 e. The minimum absolute atomic E-state index is 0.0428. The average molecular weight is 417 g/mol. The molecule has 0 aliphatic carbocycles. The molecule has 4 heteroatoms. The van der Waals surface area contributed by atoms with Gasteiger partial charge in [0, 0.05) is 12.0 Å². The van der Waals surface area contributed by atoms with E-state index < -0.39 is 5.78 Å². The maximum absolute atomic E-state index is 12.2. The van der Waals surface area contributed by atoms with E-state index >= 15 is 0 Å². The van der Waals surface area contributed by atoms with Crippen LogP contribution >= 0.6 is 0 Å². The van der Waals surface area contributed by atoms with Gasteiger partial charge in [-0.2, -0.15) is 0 Å². The summed E-state index contributed by atoms with van der Waals surface area (Å²) in [5.74, 6) is -0.724. The number of hydrogen-bond acceptors (Lipinski definition) is 4. The molecule has 0 heterocycles. The first kappa shape index (κ1) is 25.9. The molecule has 0 radical (unpaired) electrons. The molecular formula is C26H40O4. The summed E-state index contributed by atoms with van der Waals surface area (Å²) in [5.41, 5.74) is 0.266. The number of benzene rings is 1. The Morgan fingerprint density at radius 1 is 0.867 bits per heavy atom. The van der Waals surface area contributed by atoms with Gasteiger partial charge in [-0.3, -0.25) is 9.59 Å². The van der Waals surface area contributed by atoms with E-state index in [9.17, 15) is 14.7 Å². The number of carbonyl (C=O) groups is 2. The van der Waals surface area contributed by atoms with Crippen LogP contribution in [0.15, 0.2) is 30.4 Å². The Balaban J connectivity index is 2.04. The van der Waals surface area contributed by atoms with Crippen molar-refractivity contribution >= 4 is 11.6 Å². The fourth-order valence-corrected chi connectivity index (χ4v) is 3.45. The molecule has 0 spiro atoms. The highest BCUT2D eigenvalue weighted by atomic mass is 16.5. The maximum atomic E-state index is 12.2. The van der Waals surface area contributed by atoms with Gasteiger partial charge in [0.05, 0.1) is 7.11 Å². The summed E-state index contributed by atoms with van der Waals surface area (Å²) < 4.78 is 4.99. The van der Waals surface area contributed by atoms with Crippen molar-refractivity contribution in [3.8, 4) is 11.5 Å². The van der Waals surface area contributed by atoms with Crippen molar-refractivity contribution in [1.82, 2.24) is 0 Å². The molecule has 0 aliphatic rings. The van der Waals surface area contributed by atoms with Gasteiger partial charge in [-0.25, -0.2) is 0 Å². The van der Waals surface area contributed by atoms with E-state index in [-0.39, 0.29) is 29.3 Å². The summed E-state index contributed by atoms with van der Waals surface area (Å²) in [4.78, 5) is 24.3. The fraction of sp³-hybridized carbons (Fsp3) is 0.615. The molecule has 0 bridgehead atoms. The molecule has 4 nitrogen and oxygen atoms in total. The Bertz CT molecular complexity index is 648. The molecule has 0 aliphatic heterocycles. The number of allylic oxidation sites excluding steroid dienone is 2. The molecule has 1 aromatic rings. The van der Waals surface area contributed by atoms with Gasteiger partial charge >= 0.3 is 0 Å². The SMILES string of the molecule is CCCCCCCC/C=C\CCCCCCCC(=O)C(=O)c1ccc(O)c(OC)c1. The number of ketones is 2. The lowest BCUT2D eigenvalue weighted by molar-refractivity contribution is -0.115. The minimum atomic E-state index is -0.510. The zero-order valence-corrected chi connectivity index (χ0v) is 19.0. The van der Waals surface area contributed by atoms with Crippen LogP contribution in [0.4, 0.5) is 0 Å². The number of rotatable bonds is 18. The highest BCUT2D eigenvalue weighted by molar-refractivity contribution is 6.43. The Hall–Kier alpha value is -2.10. The summed E-state index contributed by atoms with van der Waals surface area (Å²) in [6.07, 6.45) is 20.5. The fourth-order valence-electron chi connectivity index (χ4n) is 3.45. The summed E-state index contributed by atoms with van der Waals surface area (Å²) in [6, 6.07) is 4.25. The standard InChI is InChI=1S/C26H40O4/c1-3-4-5-6-7-8-9-10-11-12-13-14-15-16-17-18-24(28)26(29)22-19-20-23(27)25(21-22)30-2/h10-11,19-21,27H,3-9,12-18H2,1-2H3/b11-10-. The van der Waals surface area contributed by atoms with Crippen molar-refractivity contribution in [3.05, 3.63) is 35.9 Å². The number of Topliss-reactive ketones (excluding diaryl/α,β-unsaturated/α-hetero) is 2. The Labute approximate surface area is 182 Å². The second-order valence-corrected chi connectivity index (χ2v) is 7.97. The zero-order valence-electron chi connectivity index (χ0n) is 19.0. The van der Waals surface area contributed by atoms with Crippen LogP contribution in [0.2, 0.25) is 0 Å². The van der Waals surface area contributed by atoms with E-state index in [0.29, 0.717) is 0 Å². The molecule has 0 saturated heterocycles. The molecule has 0 unspecified atom stereocenters. The first-order chi connectivity index (χ1) is 14.6. The Kier molecular flexibility index (Phi) is 14.4. The van der Waals surface area contributed by atoms with E-state index in [1.54, 1.807) is 0 Å². The third-order valence-electron chi connectivity index (χ3n) is 5.36. The van der Waals surface area contributed by atoms with Gasteiger partial charge in [0.25, 0.3) is 0 Å². The van der Waals surface area contributed by atoms with Crippen molar-refractivity contribution in [2.45, 2.75) is 96.8 Å². The Morgan fingerprint density at radius 3 is 2.03 bits per heavy atom. The number of phenolic OH excluding ortho intramolecular Hbond substituents is 1. The maximum Gasteiger partial charge on any atom is 0.228 e. The lowest BCUT2D eigenvalue weighted by atomic mass is 10.0. The number of carbonyl (C=O) groups excluding carboxylic acids is 2. The van der Waals surface area contributed by atoms with Crippen LogP contribution in [0.3, 0.4) is 0 Å². The molecule has 0 aromatic heterocycles. The molecule has 1 aromatic carbocycles. The monoisotopic (exact) mass is 416 g/mol. The number of ether oxygens (including phenoxy) is 1. The highest BCUT2D eigenvalue weighted by Gasteiger charge is 2.17. The summed E-state index contributed by atoms with van der Waals surface area (Å²) in [7, 11) is 1.41. The van der Waals surface area contributed by atoms with Gasteiger partial charge in [0.15, 0.2) is 11.5 Å². The molecule has 0 saturated carbocycles.